The quantitative estimate of drug-likeness (QED) is 0.0440. The summed E-state index contributed by atoms with van der Waals surface area (Å²) >= 11 is 0. The molecule has 17 nitrogen and oxygen atoms in total. The molecule has 0 saturated carbocycles. The van der Waals surface area contributed by atoms with Gasteiger partial charge in [0.15, 0.2) is 11.6 Å². The lowest BCUT2D eigenvalue weighted by Gasteiger charge is -2.16. The van der Waals surface area contributed by atoms with Crippen molar-refractivity contribution >= 4 is 38.6 Å². The third-order valence-corrected chi connectivity index (χ3v) is 9.12. The van der Waals surface area contributed by atoms with Gasteiger partial charge in [-0.2, -0.15) is 0 Å². The lowest BCUT2D eigenvalue weighted by atomic mass is 10.1. The second-order valence-electron chi connectivity index (χ2n) is 9.93. The molecule has 0 amide bonds. The minimum absolute atomic E-state index is 0.0395. The number of carbonyl (C=O) groups excluding carboxylic acids is 2. The van der Waals surface area contributed by atoms with Crippen LogP contribution in [0, 0.1) is 27.2 Å². The number of hydrogen-bond acceptors (Lipinski definition) is 15. The van der Waals surface area contributed by atoms with Crippen LogP contribution >= 0.6 is 15.6 Å². The van der Waals surface area contributed by atoms with E-state index >= 15 is 0 Å². The van der Waals surface area contributed by atoms with Crippen molar-refractivity contribution in [3.63, 3.8) is 0 Å². The van der Waals surface area contributed by atoms with Gasteiger partial charge in [-0.3, -0.25) is 47.9 Å². The maximum atomic E-state index is 12.4. The minimum atomic E-state index is -4.07. The number of nitrogens with zero attached hydrogens (tertiary/aromatic N) is 2. The zero-order valence-corrected chi connectivity index (χ0v) is 29.4. The number of nitro groups is 2. The van der Waals surface area contributed by atoms with Gasteiger partial charge in [-0.25, -0.2) is 9.13 Å². The molecule has 0 bridgehead atoms. The number of ether oxygens (including phenoxy) is 1. The van der Waals surface area contributed by atoms with Crippen LogP contribution in [0.3, 0.4) is 0 Å². The summed E-state index contributed by atoms with van der Waals surface area (Å²) in [6.45, 7) is 0.855. The van der Waals surface area contributed by atoms with Crippen molar-refractivity contribution in [2.45, 2.75) is 6.92 Å². The summed E-state index contributed by atoms with van der Waals surface area (Å²) in [6, 6.07) is 22.9. The average Bonchev–Trinajstić information content (AvgIpc) is 3.14. The number of rotatable bonds is 17. The number of phosphoric acid groups is 2. The molecule has 2 atom stereocenters. The molecule has 0 heterocycles. The van der Waals surface area contributed by atoms with Crippen LogP contribution in [0.1, 0.15) is 26.3 Å². The summed E-state index contributed by atoms with van der Waals surface area (Å²) in [5.41, 5.74) is 1.45. The van der Waals surface area contributed by atoms with Gasteiger partial charge in [0, 0.05) is 49.6 Å². The Kier molecular flexibility index (Phi) is 14.7. The molecule has 19 heteroatoms. The molecular weight excluding hydrogens is 714 g/mol. The zero-order valence-electron chi connectivity index (χ0n) is 27.6. The van der Waals surface area contributed by atoms with Crippen molar-refractivity contribution in [1.82, 2.24) is 0 Å². The Labute approximate surface area is 291 Å². The van der Waals surface area contributed by atoms with Crippen molar-refractivity contribution < 1.29 is 60.4 Å². The van der Waals surface area contributed by atoms with E-state index in [2.05, 4.69) is 0 Å². The molecule has 0 saturated heterocycles. The molecule has 0 radical (unpaired) electrons. The molecule has 4 aromatic rings. The van der Waals surface area contributed by atoms with Crippen molar-refractivity contribution in [3.05, 3.63) is 134 Å². The molecule has 51 heavy (non-hydrogen) atoms. The van der Waals surface area contributed by atoms with E-state index in [1.165, 1.54) is 55.6 Å². The second-order valence-corrected chi connectivity index (χ2v) is 13.3. The average molecular weight is 747 g/mol. The van der Waals surface area contributed by atoms with E-state index in [4.69, 9.17) is 31.9 Å². The molecular formula is C32H32N2O15P2. The van der Waals surface area contributed by atoms with Crippen molar-refractivity contribution in [1.29, 1.82) is 0 Å². The molecule has 0 aliphatic carbocycles. The lowest BCUT2D eigenvalue weighted by Crippen LogP contribution is -2.10. The largest absolute Gasteiger partial charge is 0.530 e. The summed E-state index contributed by atoms with van der Waals surface area (Å²) in [7, 11) is -4.38. The second kappa shape index (κ2) is 18.6. The number of nitro benzene ring substituents is 2. The van der Waals surface area contributed by atoms with Crippen molar-refractivity contribution in [3.8, 4) is 17.2 Å². The van der Waals surface area contributed by atoms with E-state index in [9.17, 15) is 38.9 Å². The number of methoxy groups -OCH3 is 1. The Morgan fingerprint density at radius 3 is 1.22 bits per heavy atom. The molecule has 0 aliphatic rings. The maximum absolute atomic E-state index is 12.4. The highest BCUT2D eigenvalue weighted by Crippen LogP contribution is 2.49. The van der Waals surface area contributed by atoms with E-state index in [-0.39, 0.29) is 28.7 Å². The number of Topliss-reactive ketones (excluding diaryl/α,β-unsaturated/α-hetero) is 2. The topological polar surface area (TPSA) is 219 Å². The van der Waals surface area contributed by atoms with Crippen LogP contribution in [0.2, 0.25) is 0 Å². The predicted octanol–water partition coefficient (Wildman–Crippen LogP) is 7.57. The molecule has 0 aromatic heterocycles. The summed E-state index contributed by atoms with van der Waals surface area (Å²) in [5.74, 6) is -0.135. The number of non-ortho nitro benzene ring substituents is 2. The Bertz CT molecular complexity index is 1900. The van der Waals surface area contributed by atoms with Crippen LogP contribution in [-0.2, 0) is 27.2 Å². The first-order chi connectivity index (χ1) is 24.2. The molecule has 2 unspecified atom stereocenters. The Hall–Kier alpha value is -5.28. The van der Waals surface area contributed by atoms with Gasteiger partial charge in [0.1, 0.15) is 30.5 Å². The van der Waals surface area contributed by atoms with Crippen molar-refractivity contribution in [2.75, 3.05) is 34.5 Å². The minimum Gasteiger partial charge on any atom is -0.497 e. The Morgan fingerprint density at radius 2 is 0.902 bits per heavy atom. The van der Waals surface area contributed by atoms with Crippen LogP contribution in [0.4, 0.5) is 11.4 Å². The van der Waals surface area contributed by atoms with Crippen LogP contribution in [0.5, 0.6) is 17.2 Å². The Balaban J connectivity index is 0.000000276. The fourth-order valence-corrected chi connectivity index (χ4v) is 5.48. The monoisotopic (exact) mass is 746 g/mol. The fraction of sp³-hybridized carbons (Fsp3) is 0.188. The SMILES string of the molecule is COP(=O)(OCC(=O)c1ccc(C)cc1)Oc1ccc([N+](=O)[O-])cc1.COc1ccc(C(=O)COP(=O)(OC)Oc2ccc([N+](=O)[O-])cc2)cc1. The maximum Gasteiger partial charge on any atom is 0.530 e. The van der Waals surface area contributed by atoms with E-state index in [1.807, 2.05) is 6.92 Å². The first kappa shape index (κ1) is 40.2. The highest BCUT2D eigenvalue weighted by Gasteiger charge is 2.30. The normalized spacial score (nSPS) is 12.9. The van der Waals surface area contributed by atoms with Gasteiger partial charge >= 0.3 is 15.6 Å². The summed E-state index contributed by atoms with van der Waals surface area (Å²) < 4.78 is 59.7. The van der Waals surface area contributed by atoms with Crippen LogP contribution in [0.15, 0.2) is 97.1 Å². The summed E-state index contributed by atoms with van der Waals surface area (Å²) in [5, 5.41) is 21.2. The van der Waals surface area contributed by atoms with Crippen LogP contribution < -0.4 is 13.8 Å². The van der Waals surface area contributed by atoms with Gasteiger partial charge < -0.3 is 13.8 Å². The number of phosphoric ester groups is 2. The zero-order chi connectivity index (χ0) is 37.6. The first-order valence-electron chi connectivity index (χ1n) is 14.5. The smallest absolute Gasteiger partial charge is 0.497 e. The highest BCUT2D eigenvalue weighted by atomic mass is 31.2. The lowest BCUT2D eigenvalue weighted by molar-refractivity contribution is -0.385. The molecule has 270 valence electrons. The van der Waals surface area contributed by atoms with E-state index in [0.29, 0.717) is 16.9 Å². The van der Waals surface area contributed by atoms with Gasteiger partial charge in [-0.1, -0.05) is 29.8 Å². The first-order valence-corrected chi connectivity index (χ1v) is 17.4. The third kappa shape index (κ3) is 12.5. The van der Waals surface area contributed by atoms with Gasteiger partial charge in [-0.15, -0.1) is 0 Å². The van der Waals surface area contributed by atoms with Gasteiger partial charge in [-0.05, 0) is 55.5 Å². The molecule has 0 aliphatic heterocycles. The third-order valence-electron chi connectivity index (χ3n) is 6.47. The van der Waals surface area contributed by atoms with E-state index in [1.54, 1.807) is 48.5 Å². The molecule has 0 spiro atoms. The number of ketones is 2. The molecule has 4 rings (SSSR count). The number of carbonyl (C=O) groups is 2. The van der Waals surface area contributed by atoms with Gasteiger partial charge in [0.25, 0.3) is 11.4 Å². The molecule has 0 fully saturated rings. The molecule has 0 N–H and O–H groups in total. The van der Waals surface area contributed by atoms with E-state index < -0.39 is 44.5 Å². The van der Waals surface area contributed by atoms with Gasteiger partial charge in [0.05, 0.1) is 17.0 Å². The Morgan fingerprint density at radius 1 is 0.569 bits per heavy atom. The van der Waals surface area contributed by atoms with E-state index in [0.717, 1.165) is 19.8 Å². The van der Waals surface area contributed by atoms with Crippen LogP contribution in [-0.4, -0.2) is 56.0 Å². The van der Waals surface area contributed by atoms with Crippen LogP contribution in [0.25, 0.3) is 0 Å². The molecule has 4 aromatic carbocycles. The van der Waals surface area contributed by atoms with Gasteiger partial charge in [0.2, 0.25) is 0 Å². The summed E-state index contributed by atoms with van der Waals surface area (Å²) in [4.78, 5) is 44.2. The number of hydrogen-bond donors (Lipinski definition) is 0. The standard InChI is InChI=1S/C16H16NO8P.C16H16NO7P/c1-22-14-7-3-12(4-8-14)16(18)11-24-26(21,23-2)25-15-9-5-13(6-10-15)17(19)20;1-12-3-5-13(6-4-12)16(18)11-23-25(21,22-2)24-15-9-7-14(8-10-15)17(19)20/h3-10H,11H2,1-2H3;3-10H,11H2,1-2H3. The number of benzene rings is 4. The van der Waals surface area contributed by atoms with Crippen molar-refractivity contribution in [2.24, 2.45) is 0 Å². The predicted molar refractivity (Wildman–Crippen MR) is 181 cm³/mol. The number of aryl methyl sites for hydroxylation is 1. The summed E-state index contributed by atoms with van der Waals surface area (Å²) in [6.07, 6.45) is 0. The fourth-order valence-electron chi connectivity index (χ4n) is 3.71. The highest BCUT2D eigenvalue weighted by molar-refractivity contribution is 7.49.